The van der Waals surface area contributed by atoms with Gasteiger partial charge in [-0.1, -0.05) is 18.9 Å². The van der Waals surface area contributed by atoms with Crippen LogP contribution in [0.2, 0.25) is 0 Å². The van der Waals surface area contributed by atoms with Crippen molar-refractivity contribution in [2.45, 2.75) is 39.0 Å². The molecule has 86 valence electrons. The van der Waals surface area contributed by atoms with E-state index in [1.165, 1.54) is 6.92 Å². The highest BCUT2D eigenvalue weighted by Crippen LogP contribution is 2.25. The predicted octanol–water partition coefficient (Wildman–Crippen LogP) is 2.30. The van der Waals surface area contributed by atoms with Crippen molar-refractivity contribution in [3.63, 3.8) is 0 Å². The number of allylic oxidation sites excluding steroid dienone is 1. The molecule has 0 fully saturated rings. The summed E-state index contributed by atoms with van der Waals surface area (Å²) < 4.78 is 0. The van der Waals surface area contributed by atoms with Gasteiger partial charge in [-0.25, -0.2) is 0 Å². The third-order valence-corrected chi connectivity index (χ3v) is 2.53. The topological polar surface area (TPSA) is 74.6 Å². The standard InChI is InChI=1S/C11H18O4/c1-3-4-5-6-7-8-11(2,9(12)13)10(14)15/h3H,1,4-8H2,2H3,(H,12,13)(H,14,15). The minimum absolute atomic E-state index is 0.175. The maximum absolute atomic E-state index is 10.8. The first kappa shape index (κ1) is 13.7. The molecule has 15 heavy (non-hydrogen) atoms. The zero-order valence-corrected chi connectivity index (χ0v) is 9.03. The predicted molar refractivity (Wildman–Crippen MR) is 56.7 cm³/mol. The van der Waals surface area contributed by atoms with Gasteiger partial charge in [-0.05, 0) is 26.2 Å². The smallest absolute Gasteiger partial charge is 0.320 e. The van der Waals surface area contributed by atoms with Crippen molar-refractivity contribution in [3.05, 3.63) is 12.7 Å². The fraction of sp³-hybridized carbons (Fsp3) is 0.636. The molecule has 0 spiro atoms. The second-order valence-corrected chi connectivity index (χ2v) is 3.83. The summed E-state index contributed by atoms with van der Waals surface area (Å²) >= 11 is 0. The van der Waals surface area contributed by atoms with Gasteiger partial charge in [-0.15, -0.1) is 6.58 Å². The monoisotopic (exact) mass is 214 g/mol. The molecule has 4 nitrogen and oxygen atoms in total. The fourth-order valence-corrected chi connectivity index (χ4v) is 1.25. The molecule has 0 atom stereocenters. The van der Waals surface area contributed by atoms with Crippen molar-refractivity contribution < 1.29 is 19.8 Å². The molecule has 0 aliphatic heterocycles. The second kappa shape index (κ2) is 6.22. The van der Waals surface area contributed by atoms with Gasteiger partial charge in [0, 0.05) is 0 Å². The molecule has 0 radical (unpaired) electrons. The lowest BCUT2D eigenvalue weighted by Crippen LogP contribution is -2.36. The molecule has 0 saturated heterocycles. The average molecular weight is 214 g/mol. The summed E-state index contributed by atoms with van der Waals surface area (Å²) in [5.74, 6) is -2.53. The van der Waals surface area contributed by atoms with Gasteiger partial charge in [0.25, 0.3) is 0 Å². The van der Waals surface area contributed by atoms with E-state index in [4.69, 9.17) is 10.2 Å². The van der Waals surface area contributed by atoms with Gasteiger partial charge in [-0.3, -0.25) is 9.59 Å². The Bertz CT molecular complexity index is 231. The molecule has 0 aliphatic rings. The lowest BCUT2D eigenvalue weighted by Gasteiger charge is -2.18. The highest BCUT2D eigenvalue weighted by atomic mass is 16.4. The largest absolute Gasteiger partial charge is 0.480 e. The van der Waals surface area contributed by atoms with E-state index in [1.54, 1.807) is 6.08 Å². The molecule has 0 aliphatic carbocycles. The summed E-state index contributed by atoms with van der Waals surface area (Å²) in [4.78, 5) is 21.6. The first-order valence-electron chi connectivity index (χ1n) is 5.03. The Morgan fingerprint density at radius 2 is 1.73 bits per heavy atom. The zero-order chi connectivity index (χ0) is 11.9. The number of hydrogen-bond donors (Lipinski definition) is 2. The Kier molecular flexibility index (Phi) is 5.67. The van der Waals surface area contributed by atoms with Crippen molar-refractivity contribution in [2.24, 2.45) is 5.41 Å². The van der Waals surface area contributed by atoms with E-state index in [0.717, 1.165) is 19.3 Å². The van der Waals surface area contributed by atoms with Gasteiger partial charge < -0.3 is 10.2 Å². The number of carbonyl (C=O) groups is 2. The lowest BCUT2D eigenvalue weighted by atomic mass is 9.85. The van der Waals surface area contributed by atoms with E-state index in [1.807, 2.05) is 0 Å². The minimum atomic E-state index is -1.64. The summed E-state index contributed by atoms with van der Waals surface area (Å²) in [6, 6.07) is 0. The Morgan fingerprint density at radius 1 is 1.20 bits per heavy atom. The van der Waals surface area contributed by atoms with Gasteiger partial charge in [0.1, 0.15) is 0 Å². The van der Waals surface area contributed by atoms with Crippen LogP contribution in [-0.2, 0) is 9.59 Å². The molecule has 0 rings (SSSR count). The van der Waals surface area contributed by atoms with Crippen LogP contribution in [-0.4, -0.2) is 22.2 Å². The molecule has 4 heteroatoms. The van der Waals surface area contributed by atoms with Crippen LogP contribution in [0, 0.1) is 5.41 Å². The number of aliphatic carboxylic acids is 2. The molecule has 0 heterocycles. The van der Waals surface area contributed by atoms with Gasteiger partial charge >= 0.3 is 11.9 Å². The van der Waals surface area contributed by atoms with Crippen LogP contribution in [0.25, 0.3) is 0 Å². The van der Waals surface area contributed by atoms with E-state index in [2.05, 4.69) is 6.58 Å². The third-order valence-electron chi connectivity index (χ3n) is 2.53. The van der Waals surface area contributed by atoms with Crippen molar-refractivity contribution in [2.75, 3.05) is 0 Å². The summed E-state index contributed by atoms with van der Waals surface area (Å²) in [6.07, 6.45) is 5.24. The highest BCUT2D eigenvalue weighted by molar-refractivity contribution is 5.97. The fourth-order valence-electron chi connectivity index (χ4n) is 1.25. The van der Waals surface area contributed by atoms with Crippen LogP contribution in [0.3, 0.4) is 0 Å². The van der Waals surface area contributed by atoms with Crippen LogP contribution >= 0.6 is 0 Å². The average Bonchev–Trinajstić information content (AvgIpc) is 2.16. The van der Waals surface area contributed by atoms with Crippen LogP contribution in [0.15, 0.2) is 12.7 Å². The van der Waals surface area contributed by atoms with Gasteiger partial charge in [-0.2, -0.15) is 0 Å². The second-order valence-electron chi connectivity index (χ2n) is 3.83. The maximum atomic E-state index is 10.8. The Labute approximate surface area is 89.6 Å². The van der Waals surface area contributed by atoms with E-state index in [0.29, 0.717) is 6.42 Å². The minimum Gasteiger partial charge on any atom is -0.480 e. The van der Waals surface area contributed by atoms with Crippen LogP contribution in [0.5, 0.6) is 0 Å². The molecule has 0 aromatic rings. The molecule has 0 aromatic heterocycles. The first-order valence-corrected chi connectivity index (χ1v) is 5.03. The number of carboxylic acid groups (broad SMARTS) is 2. The number of unbranched alkanes of at least 4 members (excludes halogenated alkanes) is 3. The van der Waals surface area contributed by atoms with Crippen molar-refractivity contribution in [1.29, 1.82) is 0 Å². The Hall–Kier alpha value is -1.32. The summed E-state index contributed by atoms with van der Waals surface area (Å²) in [6.45, 7) is 4.83. The van der Waals surface area contributed by atoms with Crippen molar-refractivity contribution >= 4 is 11.9 Å². The van der Waals surface area contributed by atoms with Gasteiger partial charge in [0.15, 0.2) is 5.41 Å². The highest BCUT2D eigenvalue weighted by Gasteiger charge is 2.40. The molecule has 0 amide bonds. The Balaban J connectivity index is 4.04. The number of rotatable bonds is 8. The van der Waals surface area contributed by atoms with E-state index in [-0.39, 0.29) is 6.42 Å². The van der Waals surface area contributed by atoms with Crippen molar-refractivity contribution in [3.8, 4) is 0 Å². The van der Waals surface area contributed by atoms with Gasteiger partial charge in [0.2, 0.25) is 0 Å². The van der Waals surface area contributed by atoms with E-state index in [9.17, 15) is 9.59 Å². The number of hydrogen-bond acceptors (Lipinski definition) is 2. The number of carboxylic acids is 2. The molecular formula is C11H18O4. The van der Waals surface area contributed by atoms with Crippen molar-refractivity contribution in [1.82, 2.24) is 0 Å². The van der Waals surface area contributed by atoms with Crippen LogP contribution < -0.4 is 0 Å². The zero-order valence-electron chi connectivity index (χ0n) is 9.03. The summed E-state index contributed by atoms with van der Waals surface area (Å²) in [5.41, 5.74) is -1.64. The third kappa shape index (κ3) is 4.14. The SMILES string of the molecule is C=CCCCCCC(C)(C(=O)O)C(=O)O. The molecule has 0 bridgehead atoms. The van der Waals surface area contributed by atoms with E-state index >= 15 is 0 Å². The summed E-state index contributed by atoms with van der Waals surface area (Å²) in [5, 5.41) is 17.6. The van der Waals surface area contributed by atoms with Crippen LogP contribution in [0.1, 0.15) is 39.0 Å². The molecule has 0 aromatic carbocycles. The maximum Gasteiger partial charge on any atom is 0.320 e. The van der Waals surface area contributed by atoms with Crippen LogP contribution in [0.4, 0.5) is 0 Å². The van der Waals surface area contributed by atoms with E-state index < -0.39 is 17.4 Å². The first-order chi connectivity index (χ1) is 6.95. The molecule has 2 N–H and O–H groups in total. The molecule has 0 unspecified atom stereocenters. The molecule has 0 saturated carbocycles. The Morgan fingerprint density at radius 3 is 2.13 bits per heavy atom. The quantitative estimate of drug-likeness (QED) is 0.369. The summed E-state index contributed by atoms with van der Waals surface area (Å²) in [7, 11) is 0. The normalized spacial score (nSPS) is 11.0. The molecular weight excluding hydrogens is 196 g/mol. The lowest BCUT2D eigenvalue weighted by molar-refractivity contribution is -0.163. The van der Waals surface area contributed by atoms with Gasteiger partial charge in [0.05, 0.1) is 0 Å².